The summed E-state index contributed by atoms with van der Waals surface area (Å²) in [4.78, 5) is 23.4. The van der Waals surface area contributed by atoms with Crippen LogP contribution in [0, 0.1) is 5.92 Å². The summed E-state index contributed by atoms with van der Waals surface area (Å²) in [5.74, 6) is 0.00808. The van der Waals surface area contributed by atoms with Gasteiger partial charge >= 0.3 is 6.09 Å². The highest BCUT2D eigenvalue weighted by atomic mass is 16.6. The molecule has 0 unspecified atom stereocenters. The van der Waals surface area contributed by atoms with E-state index in [2.05, 4.69) is 0 Å². The van der Waals surface area contributed by atoms with Gasteiger partial charge < -0.3 is 14.4 Å². The number of rotatable bonds is 4. The Hall–Kier alpha value is -1.06. The Morgan fingerprint density at radius 1 is 1.64 bits per heavy atom. The van der Waals surface area contributed by atoms with Gasteiger partial charge in [-0.1, -0.05) is 13.3 Å². The van der Waals surface area contributed by atoms with Crippen LogP contribution in [-0.4, -0.2) is 37.0 Å². The molecule has 1 atom stereocenters. The van der Waals surface area contributed by atoms with Gasteiger partial charge in [-0.25, -0.2) is 4.79 Å². The number of amides is 1. The molecule has 0 aromatic rings. The van der Waals surface area contributed by atoms with E-state index >= 15 is 0 Å². The monoisotopic (exact) mass is 199 g/mol. The van der Waals surface area contributed by atoms with Gasteiger partial charge in [-0.2, -0.15) is 0 Å². The van der Waals surface area contributed by atoms with Crippen molar-refractivity contribution in [2.24, 2.45) is 5.92 Å². The van der Waals surface area contributed by atoms with Crippen LogP contribution in [0.2, 0.25) is 0 Å². The normalized spacial score (nSPS) is 20.9. The van der Waals surface area contributed by atoms with E-state index in [1.54, 1.807) is 4.90 Å². The van der Waals surface area contributed by atoms with Gasteiger partial charge in [-0.15, -0.1) is 0 Å². The van der Waals surface area contributed by atoms with Gasteiger partial charge in [0.15, 0.2) is 0 Å². The number of carbonyl (C=O) groups is 2. The summed E-state index contributed by atoms with van der Waals surface area (Å²) in [6.07, 6.45) is 3.33. The van der Waals surface area contributed by atoms with E-state index in [9.17, 15) is 9.59 Å². The van der Waals surface area contributed by atoms with Crippen molar-refractivity contribution in [3.05, 3.63) is 0 Å². The van der Waals surface area contributed by atoms with Crippen molar-refractivity contribution in [2.45, 2.75) is 26.2 Å². The molecule has 0 aromatic carbocycles. The molecule has 1 rings (SSSR count). The molecule has 4 heteroatoms. The Morgan fingerprint density at radius 2 is 2.43 bits per heavy atom. The van der Waals surface area contributed by atoms with Crippen LogP contribution in [0.1, 0.15) is 26.2 Å². The second-order valence-electron chi connectivity index (χ2n) is 3.60. The molecule has 4 nitrogen and oxygen atoms in total. The Morgan fingerprint density at radius 3 is 3.00 bits per heavy atom. The lowest BCUT2D eigenvalue weighted by molar-refractivity contribution is -0.110. The molecule has 0 radical (unpaired) electrons. The Bertz CT molecular complexity index is 206. The highest BCUT2D eigenvalue weighted by Crippen LogP contribution is 2.14. The number of ether oxygens (including phenoxy) is 1. The zero-order chi connectivity index (χ0) is 10.4. The average Bonchev–Trinajstić information content (AvgIpc) is 2.66. The number of aldehydes is 1. The number of carbonyl (C=O) groups excluding carboxylic acids is 2. The molecule has 0 aliphatic carbocycles. The summed E-state index contributed by atoms with van der Waals surface area (Å²) in [5.41, 5.74) is 0. The van der Waals surface area contributed by atoms with Gasteiger partial charge in [0.05, 0.1) is 6.61 Å². The first kappa shape index (κ1) is 11.0. The first-order chi connectivity index (χ1) is 6.77. The molecule has 0 N–H and O–H groups in total. The van der Waals surface area contributed by atoms with E-state index in [0.29, 0.717) is 19.7 Å². The fourth-order valence-electron chi connectivity index (χ4n) is 1.46. The molecule has 0 saturated carbocycles. The van der Waals surface area contributed by atoms with Crippen LogP contribution in [0.25, 0.3) is 0 Å². The van der Waals surface area contributed by atoms with Crippen molar-refractivity contribution in [3.8, 4) is 0 Å². The highest BCUT2D eigenvalue weighted by molar-refractivity contribution is 5.69. The minimum atomic E-state index is -0.275. The predicted octanol–water partition coefficient (Wildman–Crippen LogP) is 1.44. The minimum Gasteiger partial charge on any atom is -0.449 e. The van der Waals surface area contributed by atoms with Gasteiger partial charge in [-0.05, 0) is 12.8 Å². The first-order valence-electron chi connectivity index (χ1n) is 5.15. The molecular weight excluding hydrogens is 182 g/mol. The molecule has 0 spiro atoms. The summed E-state index contributed by atoms with van der Waals surface area (Å²) >= 11 is 0. The van der Waals surface area contributed by atoms with Crippen LogP contribution in [0.4, 0.5) is 4.79 Å². The quantitative estimate of drug-likeness (QED) is 0.508. The van der Waals surface area contributed by atoms with Crippen molar-refractivity contribution in [2.75, 3.05) is 19.7 Å². The lowest BCUT2D eigenvalue weighted by Gasteiger charge is -2.15. The molecule has 0 aromatic heterocycles. The van der Waals surface area contributed by atoms with E-state index in [4.69, 9.17) is 4.74 Å². The van der Waals surface area contributed by atoms with Gasteiger partial charge in [0, 0.05) is 19.0 Å². The van der Waals surface area contributed by atoms with Crippen molar-refractivity contribution in [1.29, 1.82) is 0 Å². The maximum Gasteiger partial charge on any atom is 0.409 e. The fourth-order valence-corrected chi connectivity index (χ4v) is 1.46. The fraction of sp³-hybridized carbons (Fsp3) is 0.800. The minimum absolute atomic E-state index is 0.00808. The summed E-state index contributed by atoms with van der Waals surface area (Å²) in [6, 6.07) is 0. The lowest BCUT2D eigenvalue weighted by atomic mass is 10.1. The molecule has 1 amide bonds. The number of nitrogens with zero attached hydrogens (tertiary/aromatic N) is 1. The smallest absolute Gasteiger partial charge is 0.409 e. The first-order valence-corrected chi connectivity index (χ1v) is 5.15. The third-order valence-corrected chi connectivity index (χ3v) is 2.40. The summed E-state index contributed by atoms with van der Waals surface area (Å²) in [5, 5.41) is 0. The van der Waals surface area contributed by atoms with Gasteiger partial charge in [-0.3, -0.25) is 0 Å². The maximum atomic E-state index is 11.4. The Kier molecular flexibility index (Phi) is 4.43. The third kappa shape index (κ3) is 3.01. The zero-order valence-electron chi connectivity index (χ0n) is 8.57. The van der Waals surface area contributed by atoms with Crippen LogP contribution in [0.15, 0.2) is 0 Å². The molecule has 0 bridgehead atoms. The van der Waals surface area contributed by atoms with Crippen molar-refractivity contribution >= 4 is 12.4 Å². The maximum absolute atomic E-state index is 11.4. The van der Waals surface area contributed by atoms with E-state index in [1.165, 1.54) is 0 Å². The van der Waals surface area contributed by atoms with E-state index in [1.807, 2.05) is 6.92 Å². The standard InChI is InChI=1S/C10H17NO3/c1-2-3-6-14-10(13)11-5-4-9(7-11)8-12/h8-9H,2-7H2,1H3/t9-/m0/s1. The Balaban J connectivity index is 2.21. The Labute approximate surface area is 84.2 Å². The van der Waals surface area contributed by atoms with Crippen LogP contribution in [0.3, 0.4) is 0 Å². The molecular formula is C10H17NO3. The van der Waals surface area contributed by atoms with Crippen molar-refractivity contribution < 1.29 is 14.3 Å². The lowest BCUT2D eigenvalue weighted by Crippen LogP contribution is -2.29. The van der Waals surface area contributed by atoms with Crippen LogP contribution in [-0.2, 0) is 9.53 Å². The SMILES string of the molecule is CCCCOC(=O)N1CC[C@H](C=O)C1. The van der Waals surface area contributed by atoms with Gasteiger partial charge in [0.2, 0.25) is 0 Å². The molecule has 1 fully saturated rings. The number of hydrogen-bond donors (Lipinski definition) is 0. The van der Waals surface area contributed by atoms with Crippen LogP contribution >= 0.6 is 0 Å². The van der Waals surface area contributed by atoms with Gasteiger partial charge in [0.25, 0.3) is 0 Å². The molecule has 14 heavy (non-hydrogen) atoms. The van der Waals surface area contributed by atoms with Crippen LogP contribution < -0.4 is 0 Å². The number of likely N-dealkylation sites (tertiary alicyclic amines) is 1. The molecule has 1 saturated heterocycles. The average molecular weight is 199 g/mol. The summed E-state index contributed by atoms with van der Waals surface area (Å²) in [7, 11) is 0. The number of hydrogen-bond acceptors (Lipinski definition) is 3. The second-order valence-corrected chi connectivity index (χ2v) is 3.60. The largest absolute Gasteiger partial charge is 0.449 e. The third-order valence-electron chi connectivity index (χ3n) is 2.40. The zero-order valence-corrected chi connectivity index (χ0v) is 8.57. The molecule has 80 valence electrons. The predicted molar refractivity (Wildman–Crippen MR) is 52.0 cm³/mol. The second kappa shape index (κ2) is 5.62. The van der Waals surface area contributed by atoms with E-state index < -0.39 is 0 Å². The summed E-state index contributed by atoms with van der Waals surface area (Å²) in [6.45, 7) is 3.70. The molecule has 1 aliphatic rings. The van der Waals surface area contributed by atoms with E-state index in [0.717, 1.165) is 25.5 Å². The topological polar surface area (TPSA) is 46.6 Å². The van der Waals surface area contributed by atoms with Crippen molar-refractivity contribution in [3.63, 3.8) is 0 Å². The van der Waals surface area contributed by atoms with Crippen molar-refractivity contribution in [1.82, 2.24) is 4.90 Å². The van der Waals surface area contributed by atoms with Crippen LogP contribution in [0.5, 0.6) is 0 Å². The molecule has 1 aliphatic heterocycles. The van der Waals surface area contributed by atoms with E-state index in [-0.39, 0.29) is 12.0 Å². The number of unbranched alkanes of at least 4 members (excludes halogenated alkanes) is 1. The highest BCUT2D eigenvalue weighted by Gasteiger charge is 2.26. The van der Waals surface area contributed by atoms with Gasteiger partial charge in [0.1, 0.15) is 6.29 Å². The molecule has 1 heterocycles. The summed E-state index contributed by atoms with van der Waals surface area (Å²) < 4.78 is 5.03.